The van der Waals surface area contributed by atoms with E-state index in [1.54, 1.807) is 36.4 Å². The van der Waals surface area contributed by atoms with Crippen molar-refractivity contribution in [2.75, 3.05) is 26.4 Å². The highest BCUT2D eigenvalue weighted by Crippen LogP contribution is 2.33. The molecule has 190 valence electrons. The molecule has 0 unspecified atom stereocenters. The van der Waals surface area contributed by atoms with Gasteiger partial charge in [0.15, 0.2) is 11.5 Å². The predicted molar refractivity (Wildman–Crippen MR) is 134 cm³/mol. The number of carbonyl (C=O) groups is 2. The second-order valence-electron chi connectivity index (χ2n) is 8.91. The molecule has 0 radical (unpaired) electrons. The van der Waals surface area contributed by atoms with Gasteiger partial charge in [0.25, 0.3) is 0 Å². The molecule has 0 aromatic heterocycles. The maximum absolute atomic E-state index is 11.4. The Bertz CT molecular complexity index is 1200. The molecule has 36 heavy (non-hydrogen) atoms. The van der Waals surface area contributed by atoms with Crippen LogP contribution >= 0.6 is 0 Å². The fraction of sp³-hybridized carbons (Fsp3) is 0.286. The second-order valence-corrected chi connectivity index (χ2v) is 8.91. The number of carboxylic acids is 2. The summed E-state index contributed by atoms with van der Waals surface area (Å²) in [7, 11) is 0. The minimum Gasteiger partial charge on any atom is -0.489 e. The molecule has 3 aromatic carbocycles. The molecule has 0 aliphatic rings. The molecule has 0 fully saturated rings. The van der Waals surface area contributed by atoms with Crippen LogP contribution in [0.4, 0.5) is 0 Å². The van der Waals surface area contributed by atoms with Crippen LogP contribution in [-0.4, -0.2) is 48.6 Å². The summed E-state index contributed by atoms with van der Waals surface area (Å²) in [5, 5.41) is 18.6. The third-order valence-corrected chi connectivity index (χ3v) is 5.24. The number of para-hydroxylation sites is 2. The number of carboxylic acid groups (broad SMARTS) is 2. The van der Waals surface area contributed by atoms with E-state index in [4.69, 9.17) is 18.9 Å². The number of benzene rings is 3. The lowest BCUT2D eigenvalue weighted by molar-refractivity contribution is 0.0679. The second kappa shape index (κ2) is 12.0. The molecule has 0 heterocycles. The van der Waals surface area contributed by atoms with Crippen molar-refractivity contribution in [1.29, 1.82) is 0 Å². The number of aromatic carboxylic acids is 2. The van der Waals surface area contributed by atoms with Crippen molar-refractivity contribution in [2.24, 2.45) is 0 Å². The first kappa shape index (κ1) is 26.4. The van der Waals surface area contributed by atoms with Crippen LogP contribution < -0.4 is 18.9 Å². The van der Waals surface area contributed by atoms with E-state index in [1.807, 2.05) is 18.2 Å². The number of hydrogen-bond acceptors (Lipinski definition) is 6. The van der Waals surface area contributed by atoms with E-state index in [2.05, 4.69) is 20.8 Å². The first-order chi connectivity index (χ1) is 17.2. The summed E-state index contributed by atoms with van der Waals surface area (Å²) in [4.78, 5) is 22.7. The third kappa shape index (κ3) is 7.15. The van der Waals surface area contributed by atoms with E-state index in [0.29, 0.717) is 11.5 Å². The molecular weight excluding hydrogens is 464 g/mol. The molecule has 0 atom stereocenters. The van der Waals surface area contributed by atoms with Crippen molar-refractivity contribution >= 4 is 11.9 Å². The minimum atomic E-state index is -1.06. The number of ether oxygens (including phenoxy) is 4. The monoisotopic (exact) mass is 494 g/mol. The Kier molecular flexibility index (Phi) is 8.78. The van der Waals surface area contributed by atoms with E-state index in [9.17, 15) is 19.8 Å². The lowest BCUT2D eigenvalue weighted by Crippen LogP contribution is -2.15. The van der Waals surface area contributed by atoms with Crippen molar-refractivity contribution in [3.05, 3.63) is 83.4 Å². The van der Waals surface area contributed by atoms with Crippen LogP contribution in [0.1, 0.15) is 47.1 Å². The summed E-state index contributed by atoms with van der Waals surface area (Å²) in [6, 6.07) is 18.5. The van der Waals surface area contributed by atoms with Crippen molar-refractivity contribution in [3.63, 3.8) is 0 Å². The number of hydrogen-bond donors (Lipinski definition) is 2. The van der Waals surface area contributed by atoms with Gasteiger partial charge in [-0.25, -0.2) is 9.59 Å². The van der Waals surface area contributed by atoms with Gasteiger partial charge in [0.05, 0.1) is 0 Å². The van der Waals surface area contributed by atoms with Crippen molar-refractivity contribution in [1.82, 2.24) is 0 Å². The zero-order chi connectivity index (χ0) is 26.1. The Morgan fingerprint density at radius 2 is 1.03 bits per heavy atom. The van der Waals surface area contributed by atoms with Crippen LogP contribution in [0.3, 0.4) is 0 Å². The van der Waals surface area contributed by atoms with Crippen LogP contribution in [0.25, 0.3) is 0 Å². The third-order valence-electron chi connectivity index (χ3n) is 5.24. The van der Waals surface area contributed by atoms with Gasteiger partial charge in [-0.3, -0.25) is 0 Å². The van der Waals surface area contributed by atoms with Gasteiger partial charge in [0, 0.05) is 0 Å². The smallest absolute Gasteiger partial charge is 0.339 e. The average Bonchev–Trinajstić information content (AvgIpc) is 2.84. The van der Waals surface area contributed by atoms with Gasteiger partial charge in [-0.15, -0.1) is 0 Å². The van der Waals surface area contributed by atoms with E-state index in [-0.39, 0.29) is 54.5 Å². The van der Waals surface area contributed by atoms with Gasteiger partial charge < -0.3 is 29.2 Å². The standard InChI is InChI=1S/C28H30O8/c1-28(2,3)19-12-13-24(35-16-14-33-22-10-6-4-8-20(22)26(29)30)25(18-19)36-17-15-34-23-11-7-5-9-21(23)27(31)32/h4-13,18H,14-17H2,1-3H3,(H,29,30)(H,31,32). The lowest BCUT2D eigenvalue weighted by Gasteiger charge is -2.22. The Balaban J connectivity index is 1.62. The van der Waals surface area contributed by atoms with Gasteiger partial charge in [0.1, 0.15) is 49.1 Å². The molecule has 0 spiro atoms. The van der Waals surface area contributed by atoms with Crippen LogP contribution in [0.2, 0.25) is 0 Å². The Morgan fingerprint density at radius 3 is 1.47 bits per heavy atom. The first-order valence-electron chi connectivity index (χ1n) is 11.5. The fourth-order valence-corrected chi connectivity index (χ4v) is 3.35. The zero-order valence-electron chi connectivity index (χ0n) is 20.5. The molecule has 2 N–H and O–H groups in total. The van der Waals surface area contributed by atoms with E-state index in [1.165, 1.54) is 12.1 Å². The van der Waals surface area contributed by atoms with E-state index < -0.39 is 11.9 Å². The fourth-order valence-electron chi connectivity index (χ4n) is 3.35. The van der Waals surface area contributed by atoms with Gasteiger partial charge >= 0.3 is 11.9 Å². The zero-order valence-corrected chi connectivity index (χ0v) is 20.5. The van der Waals surface area contributed by atoms with Crippen LogP contribution in [0, 0.1) is 0 Å². The molecule has 0 amide bonds. The normalized spacial score (nSPS) is 11.0. The predicted octanol–water partition coefficient (Wildman–Crippen LogP) is 5.30. The van der Waals surface area contributed by atoms with E-state index >= 15 is 0 Å². The van der Waals surface area contributed by atoms with Crippen molar-refractivity contribution in [2.45, 2.75) is 26.2 Å². The maximum Gasteiger partial charge on any atom is 0.339 e. The molecule has 8 heteroatoms. The van der Waals surface area contributed by atoms with Crippen molar-refractivity contribution < 1.29 is 38.7 Å². The lowest BCUT2D eigenvalue weighted by atomic mass is 9.87. The Morgan fingerprint density at radius 1 is 0.611 bits per heavy atom. The Hall–Kier alpha value is -4.20. The quantitative estimate of drug-likeness (QED) is 0.327. The van der Waals surface area contributed by atoms with Crippen LogP contribution in [0.15, 0.2) is 66.7 Å². The maximum atomic E-state index is 11.4. The molecule has 0 saturated heterocycles. The van der Waals surface area contributed by atoms with Crippen LogP contribution in [-0.2, 0) is 5.41 Å². The Labute approximate surface area is 210 Å². The molecule has 3 rings (SSSR count). The summed E-state index contributed by atoms with van der Waals surface area (Å²) in [5.41, 5.74) is 1.10. The molecule has 0 aliphatic carbocycles. The molecule has 0 bridgehead atoms. The van der Waals surface area contributed by atoms with Gasteiger partial charge in [-0.1, -0.05) is 51.1 Å². The summed E-state index contributed by atoms with van der Waals surface area (Å²) in [5.74, 6) is -0.562. The summed E-state index contributed by atoms with van der Waals surface area (Å²) in [6.07, 6.45) is 0. The molecule has 3 aromatic rings. The summed E-state index contributed by atoms with van der Waals surface area (Å²) >= 11 is 0. The molecule has 0 saturated carbocycles. The van der Waals surface area contributed by atoms with Gasteiger partial charge in [0.2, 0.25) is 0 Å². The SMILES string of the molecule is CC(C)(C)c1ccc(OCCOc2ccccc2C(=O)O)c(OCCOc2ccccc2C(=O)O)c1. The summed E-state index contributed by atoms with van der Waals surface area (Å²) < 4.78 is 23.0. The highest BCUT2D eigenvalue weighted by Gasteiger charge is 2.17. The topological polar surface area (TPSA) is 112 Å². The van der Waals surface area contributed by atoms with Crippen molar-refractivity contribution in [3.8, 4) is 23.0 Å². The van der Waals surface area contributed by atoms with Gasteiger partial charge in [-0.05, 0) is 47.4 Å². The largest absolute Gasteiger partial charge is 0.489 e. The minimum absolute atomic E-state index is 0.0838. The highest BCUT2D eigenvalue weighted by molar-refractivity contribution is 5.91. The van der Waals surface area contributed by atoms with Crippen LogP contribution in [0.5, 0.6) is 23.0 Å². The highest BCUT2D eigenvalue weighted by atomic mass is 16.6. The number of rotatable bonds is 12. The molecular formula is C28H30O8. The summed E-state index contributed by atoms with van der Waals surface area (Å²) in [6.45, 7) is 6.88. The molecule has 8 nitrogen and oxygen atoms in total. The van der Waals surface area contributed by atoms with Gasteiger partial charge in [-0.2, -0.15) is 0 Å². The van der Waals surface area contributed by atoms with E-state index in [0.717, 1.165) is 5.56 Å². The molecule has 0 aliphatic heterocycles. The first-order valence-corrected chi connectivity index (χ1v) is 11.5. The average molecular weight is 495 g/mol.